The lowest BCUT2D eigenvalue weighted by Crippen LogP contribution is -2.26. The van der Waals surface area contributed by atoms with Gasteiger partial charge in [-0.25, -0.2) is 4.98 Å². The summed E-state index contributed by atoms with van der Waals surface area (Å²) in [6.45, 7) is 0.593. The fourth-order valence-electron chi connectivity index (χ4n) is 2.93. The minimum atomic E-state index is -0.0119. The van der Waals surface area contributed by atoms with Gasteiger partial charge in [-0.05, 0) is 35.7 Å². The molecule has 0 bridgehead atoms. The van der Waals surface area contributed by atoms with E-state index in [-0.39, 0.29) is 5.91 Å². The lowest BCUT2D eigenvalue weighted by Gasteiger charge is -2.18. The van der Waals surface area contributed by atoms with Crippen LogP contribution in [0.1, 0.15) is 15.2 Å². The number of hydrogen-bond acceptors (Lipinski definition) is 4. The third-order valence-electron chi connectivity index (χ3n) is 4.22. The maximum absolute atomic E-state index is 13.2. The number of benzene rings is 1. The molecular formula is C21H17N3OS. The Morgan fingerprint density at radius 3 is 2.77 bits per heavy atom. The van der Waals surface area contributed by atoms with Crippen LogP contribution in [0.2, 0.25) is 0 Å². The highest BCUT2D eigenvalue weighted by molar-refractivity contribution is 7.09. The summed E-state index contributed by atoms with van der Waals surface area (Å²) in [5.74, 6) is -0.0119. The molecule has 0 saturated heterocycles. The van der Waals surface area contributed by atoms with E-state index in [4.69, 9.17) is 4.98 Å². The third-order valence-corrected chi connectivity index (χ3v) is 5.08. The van der Waals surface area contributed by atoms with Crippen LogP contribution in [-0.4, -0.2) is 27.8 Å². The van der Waals surface area contributed by atoms with Gasteiger partial charge in [0.05, 0.1) is 23.3 Å². The molecule has 4 nitrogen and oxygen atoms in total. The monoisotopic (exact) mass is 359 g/mol. The molecule has 0 saturated carbocycles. The molecule has 0 atom stereocenters. The third kappa shape index (κ3) is 3.21. The number of rotatable bonds is 4. The predicted molar refractivity (Wildman–Crippen MR) is 105 cm³/mol. The zero-order valence-corrected chi connectivity index (χ0v) is 15.1. The molecule has 0 N–H and O–H groups in total. The summed E-state index contributed by atoms with van der Waals surface area (Å²) < 4.78 is 0. The van der Waals surface area contributed by atoms with Crippen molar-refractivity contribution >= 4 is 28.1 Å². The van der Waals surface area contributed by atoms with Crippen molar-refractivity contribution in [2.24, 2.45) is 0 Å². The second-order valence-electron chi connectivity index (χ2n) is 6.05. The summed E-state index contributed by atoms with van der Waals surface area (Å²) in [5.41, 5.74) is 3.12. The smallest absolute Gasteiger partial charge is 0.254 e. The summed E-state index contributed by atoms with van der Waals surface area (Å²) in [5, 5.41) is 2.89. The molecule has 3 heterocycles. The SMILES string of the molecule is CN(Cc1cccs1)C(=O)c1cc(-c2cccnc2)nc2ccccc12. The Labute approximate surface area is 155 Å². The van der Waals surface area contributed by atoms with E-state index in [1.807, 2.05) is 67.0 Å². The van der Waals surface area contributed by atoms with Crippen molar-refractivity contribution in [3.8, 4) is 11.3 Å². The van der Waals surface area contributed by atoms with Crippen LogP contribution in [0.5, 0.6) is 0 Å². The zero-order valence-electron chi connectivity index (χ0n) is 14.3. The minimum Gasteiger partial charge on any atom is -0.337 e. The van der Waals surface area contributed by atoms with E-state index in [0.29, 0.717) is 12.1 Å². The molecule has 0 unspecified atom stereocenters. The van der Waals surface area contributed by atoms with Gasteiger partial charge in [-0.2, -0.15) is 0 Å². The highest BCUT2D eigenvalue weighted by atomic mass is 32.1. The Morgan fingerprint density at radius 1 is 1.12 bits per heavy atom. The zero-order chi connectivity index (χ0) is 17.9. The summed E-state index contributed by atoms with van der Waals surface area (Å²) in [7, 11) is 1.83. The van der Waals surface area contributed by atoms with Gasteiger partial charge in [0.2, 0.25) is 0 Å². The van der Waals surface area contributed by atoms with Gasteiger partial charge in [0.1, 0.15) is 0 Å². The average molecular weight is 359 g/mol. The predicted octanol–water partition coefficient (Wildman–Crippen LogP) is 4.63. The Morgan fingerprint density at radius 2 is 2.00 bits per heavy atom. The number of amides is 1. The Hall–Kier alpha value is -3.05. The summed E-state index contributed by atoms with van der Waals surface area (Å²) in [4.78, 5) is 24.9. The Kier molecular flexibility index (Phi) is 4.46. The van der Waals surface area contributed by atoms with Crippen molar-refractivity contribution < 1.29 is 4.79 Å². The molecule has 0 aliphatic carbocycles. The molecule has 1 aromatic carbocycles. The van der Waals surface area contributed by atoms with Crippen LogP contribution in [0, 0.1) is 0 Å². The molecule has 0 fully saturated rings. The highest BCUT2D eigenvalue weighted by Crippen LogP contribution is 2.25. The lowest BCUT2D eigenvalue weighted by atomic mass is 10.0. The number of pyridine rings is 2. The first-order chi connectivity index (χ1) is 12.7. The highest BCUT2D eigenvalue weighted by Gasteiger charge is 2.18. The fourth-order valence-corrected chi connectivity index (χ4v) is 3.69. The topological polar surface area (TPSA) is 46.1 Å². The van der Waals surface area contributed by atoms with Gasteiger partial charge < -0.3 is 4.90 Å². The first-order valence-corrected chi connectivity index (χ1v) is 9.18. The number of para-hydroxylation sites is 1. The van der Waals surface area contributed by atoms with E-state index in [9.17, 15) is 4.79 Å². The minimum absolute atomic E-state index is 0.0119. The molecule has 0 aliphatic rings. The number of carbonyl (C=O) groups excluding carboxylic acids is 1. The number of aromatic nitrogens is 2. The van der Waals surface area contributed by atoms with Gasteiger partial charge in [-0.15, -0.1) is 11.3 Å². The maximum atomic E-state index is 13.2. The molecule has 0 radical (unpaired) electrons. The van der Waals surface area contributed by atoms with E-state index in [1.165, 1.54) is 0 Å². The summed E-state index contributed by atoms with van der Waals surface area (Å²) >= 11 is 1.65. The number of hydrogen-bond donors (Lipinski definition) is 0. The van der Waals surface area contributed by atoms with Crippen molar-refractivity contribution in [1.82, 2.24) is 14.9 Å². The van der Waals surface area contributed by atoms with Crippen LogP contribution in [0.4, 0.5) is 0 Å². The van der Waals surface area contributed by atoms with Crippen molar-refractivity contribution in [2.75, 3.05) is 7.05 Å². The molecular weight excluding hydrogens is 342 g/mol. The lowest BCUT2D eigenvalue weighted by molar-refractivity contribution is 0.0788. The Bertz CT molecular complexity index is 1050. The normalized spacial score (nSPS) is 10.8. The van der Waals surface area contributed by atoms with Crippen LogP contribution in [0.25, 0.3) is 22.2 Å². The average Bonchev–Trinajstić information content (AvgIpc) is 3.20. The van der Waals surface area contributed by atoms with Gasteiger partial charge in [0.15, 0.2) is 0 Å². The van der Waals surface area contributed by atoms with Gasteiger partial charge in [0, 0.05) is 35.3 Å². The molecule has 5 heteroatoms. The van der Waals surface area contributed by atoms with Gasteiger partial charge in [0.25, 0.3) is 5.91 Å². The van der Waals surface area contributed by atoms with Gasteiger partial charge in [-0.1, -0.05) is 24.3 Å². The van der Waals surface area contributed by atoms with Gasteiger partial charge >= 0.3 is 0 Å². The van der Waals surface area contributed by atoms with Crippen molar-refractivity contribution in [3.63, 3.8) is 0 Å². The van der Waals surface area contributed by atoms with E-state index in [2.05, 4.69) is 4.98 Å². The molecule has 0 aliphatic heterocycles. The summed E-state index contributed by atoms with van der Waals surface area (Å²) in [6.07, 6.45) is 3.49. The molecule has 1 amide bonds. The summed E-state index contributed by atoms with van der Waals surface area (Å²) in [6, 6.07) is 17.5. The van der Waals surface area contributed by atoms with Crippen LogP contribution in [0.3, 0.4) is 0 Å². The van der Waals surface area contributed by atoms with E-state index in [1.54, 1.807) is 28.6 Å². The molecule has 128 valence electrons. The largest absolute Gasteiger partial charge is 0.337 e. The Balaban J connectivity index is 1.78. The fraction of sp³-hybridized carbons (Fsp3) is 0.0952. The first kappa shape index (κ1) is 16.4. The standard InChI is InChI=1S/C21H17N3OS/c1-24(14-16-7-5-11-26-16)21(25)18-12-20(15-6-4-10-22-13-15)23-19-9-3-2-8-17(18)19/h2-13H,14H2,1H3. The van der Waals surface area contributed by atoms with Crippen molar-refractivity contribution in [3.05, 3.63) is 82.8 Å². The van der Waals surface area contributed by atoms with Crippen LogP contribution in [0.15, 0.2) is 72.4 Å². The number of thiophene rings is 1. The van der Waals surface area contributed by atoms with Crippen molar-refractivity contribution in [2.45, 2.75) is 6.54 Å². The van der Waals surface area contributed by atoms with Crippen molar-refractivity contribution in [1.29, 1.82) is 0 Å². The number of fused-ring (bicyclic) bond motifs is 1. The molecule has 26 heavy (non-hydrogen) atoms. The first-order valence-electron chi connectivity index (χ1n) is 8.30. The second-order valence-corrected chi connectivity index (χ2v) is 7.09. The van der Waals surface area contributed by atoms with E-state index in [0.717, 1.165) is 27.0 Å². The van der Waals surface area contributed by atoms with Gasteiger partial charge in [-0.3, -0.25) is 9.78 Å². The molecule has 4 rings (SSSR count). The number of carbonyl (C=O) groups is 1. The van der Waals surface area contributed by atoms with E-state index >= 15 is 0 Å². The molecule has 4 aromatic rings. The van der Waals surface area contributed by atoms with Crippen LogP contribution < -0.4 is 0 Å². The van der Waals surface area contributed by atoms with E-state index < -0.39 is 0 Å². The number of nitrogens with zero attached hydrogens (tertiary/aromatic N) is 3. The van der Waals surface area contributed by atoms with Crippen LogP contribution in [-0.2, 0) is 6.54 Å². The quantitative estimate of drug-likeness (QED) is 0.534. The maximum Gasteiger partial charge on any atom is 0.254 e. The molecule has 3 aromatic heterocycles. The molecule has 0 spiro atoms. The second kappa shape index (κ2) is 7.06. The van der Waals surface area contributed by atoms with Crippen LogP contribution >= 0.6 is 11.3 Å².